The van der Waals surface area contributed by atoms with Gasteiger partial charge in [-0.15, -0.1) is 0 Å². The summed E-state index contributed by atoms with van der Waals surface area (Å²) in [6, 6.07) is 15.1. The minimum Gasteiger partial charge on any atom is -0.508 e. The number of fused-ring (bicyclic) bond motifs is 1. The number of carboxylic acids is 1. The molecule has 0 aliphatic heterocycles. The van der Waals surface area contributed by atoms with E-state index in [0.29, 0.717) is 12.8 Å². The molecule has 0 bridgehead atoms. The van der Waals surface area contributed by atoms with Crippen LogP contribution < -0.4 is 0 Å². The third-order valence-corrected chi connectivity index (χ3v) is 4.11. The Morgan fingerprint density at radius 1 is 1.05 bits per heavy atom. The van der Waals surface area contributed by atoms with E-state index < -0.39 is 11.9 Å². The van der Waals surface area contributed by atoms with E-state index in [1.807, 2.05) is 36.4 Å². The minimum atomic E-state index is -0.771. The molecular weight excluding hydrogens is 252 g/mol. The number of hydrogen-bond acceptors (Lipinski definition) is 2. The maximum atomic E-state index is 11.6. The molecule has 0 saturated carbocycles. The van der Waals surface area contributed by atoms with Crippen molar-refractivity contribution in [3.05, 3.63) is 65.2 Å². The van der Waals surface area contributed by atoms with Gasteiger partial charge in [-0.05, 0) is 35.6 Å². The van der Waals surface area contributed by atoms with E-state index in [0.717, 1.165) is 16.7 Å². The molecule has 0 radical (unpaired) electrons. The van der Waals surface area contributed by atoms with E-state index in [1.54, 1.807) is 12.1 Å². The van der Waals surface area contributed by atoms with Crippen LogP contribution in [0.1, 0.15) is 29.0 Å². The monoisotopic (exact) mass is 268 g/mol. The summed E-state index contributed by atoms with van der Waals surface area (Å²) < 4.78 is 0. The summed E-state index contributed by atoms with van der Waals surface area (Å²) in [5, 5.41) is 19.5. The van der Waals surface area contributed by atoms with Crippen LogP contribution in [0.5, 0.6) is 5.75 Å². The fraction of sp³-hybridized carbons (Fsp3) is 0.235. The molecule has 0 fully saturated rings. The van der Waals surface area contributed by atoms with Crippen molar-refractivity contribution < 1.29 is 15.0 Å². The first-order valence-electron chi connectivity index (χ1n) is 6.77. The second-order valence-electron chi connectivity index (χ2n) is 5.22. The predicted molar refractivity (Wildman–Crippen MR) is 75.8 cm³/mol. The van der Waals surface area contributed by atoms with Gasteiger partial charge < -0.3 is 10.2 Å². The minimum absolute atomic E-state index is 0.190. The normalized spacial score (nSPS) is 21.2. The fourth-order valence-electron chi connectivity index (χ4n) is 3.18. The lowest BCUT2D eigenvalue weighted by Crippen LogP contribution is -2.28. The van der Waals surface area contributed by atoms with Crippen LogP contribution >= 0.6 is 0 Å². The Labute approximate surface area is 117 Å². The van der Waals surface area contributed by atoms with E-state index in [-0.39, 0.29) is 11.7 Å². The number of phenols is 1. The van der Waals surface area contributed by atoms with Crippen molar-refractivity contribution in [2.45, 2.75) is 18.8 Å². The highest BCUT2D eigenvalue weighted by atomic mass is 16.4. The van der Waals surface area contributed by atoms with Gasteiger partial charge in [-0.25, -0.2) is 0 Å². The number of benzene rings is 2. The zero-order chi connectivity index (χ0) is 14.1. The van der Waals surface area contributed by atoms with Crippen LogP contribution in [0.4, 0.5) is 0 Å². The maximum Gasteiger partial charge on any atom is 0.307 e. The summed E-state index contributed by atoms with van der Waals surface area (Å²) >= 11 is 0. The Hall–Kier alpha value is -2.29. The smallest absolute Gasteiger partial charge is 0.307 e. The highest BCUT2D eigenvalue weighted by Gasteiger charge is 2.36. The molecule has 1 aliphatic carbocycles. The van der Waals surface area contributed by atoms with Gasteiger partial charge >= 0.3 is 5.97 Å². The van der Waals surface area contributed by atoms with E-state index in [4.69, 9.17) is 0 Å². The van der Waals surface area contributed by atoms with Crippen LogP contribution in [0.25, 0.3) is 0 Å². The van der Waals surface area contributed by atoms with Gasteiger partial charge in [0.2, 0.25) is 0 Å². The first kappa shape index (κ1) is 12.7. The van der Waals surface area contributed by atoms with Crippen LogP contribution in [0, 0.1) is 5.92 Å². The topological polar surface area (TPSA) is 57.5 Å². The molecule has 2 atom stereocenters. The summed E-state index contributed by atoms with van der Waals surface area (Å²) in [5.74, 6) is -1.13. The third kappa shape index (κ3) is 2.05. The summed E-state index contributed by atoms with van der Waals surface area (Å²) in [5.41, 5.74) is 2.82. The van der Waals surface area contributed by atoms with Gasteiger partial charge in [0.25, 0.3) is 0 Å². The van der Waals surface area contributed by atoms with Crippen molar-refractivity contribution in [1.29, 1.82) is 0 Å². The van der Waals surface area contributed by atoms with E-state index in [2.05, 4.69) is 0 Å². The standard InChI is InChI=1S/C17H16O3/c18-15-8-4-7-13-12(15)9-10-14(17(19)20)16(13)11-5-2-1-3-6-11/h1-8,14,16,18H,9-10H2,(H,19,20). The van der Waals surface area contributed by atoms with Gasteiger partial charge in [-0.3, -0.25) is 4.79 Å². The molecule has 0 saturated heterocycles. The number of rotatable bonds is 2. The van der Waals surface area contributed by atoms with E-state index in [1.165, 1.54) is 0 Å². The second-order valence-corrected chi connectivity index (χ2v) is 5.22. The molecule has 3 nitrogen and oxygen atoms in total. The lowest BCUT2D eigenvalue weighted by molar-refractivity contribution is -0.142. The summed E-state index contributed by atoms with van der Waals surface area (Å²) in [6.07, 6.45) is 1.17. The number of aliphatic carboxylic acids is 1. The first-order valence-corrected chi connectivity index (χ1v) is 6.77. The molecule has 0 aromatic heterocycles. The van der Waals surface area contributed by atoms with Crippen LogP contribution in [-0.2, 0) is 11.2 Å². The molecule has 2 N–H and O–H groups in total. The molecule has 0 amide bonds. The molecule has 0 spiro atoms. The van der Waals surface area contributed by atoms with E-state index >= 15 is 0 Å². The van der Waals surface area contributed by atoms with Gasteiger partial charge in [0.1, 0.15) is 5.75 Å². The number of aromatic hydroxyl groups is 1. The van der Waals surface area contributed by atoms with Crippen LogP contribution in [0.15, 0.2) is 48.5 Å². The Morgan fingerprint density at radius 2 is 1.80 bits per heavy atom. The van der Waals surface area contributed by atoms with Crippen LogP contribution in [-0.4, -0.2) is 16.2 Å². The molecule has 2 aromatic carbocycles. The largest absolute Gasteiger partial charge is 0.508 e. The number of hydrogen-bond donors (Lipinski definition) is 2. The van der Waals surface area contributed by atoms with Gasteiger partial charge in [0.15, 0.2) is 0 Å². The lowest BCUT2D eigenvalue weighted by Gasteiger charge is -2.31. The van der Waals surface area contributed by atoms with Crippen molar-refractivity contribution in [3.63, 3.8) is 0 Å². The predicted octanol–water partition coefficient (Wildman–Crippen LogP) is 3.17. The van der Waals surface area contributed by atoms with Crippen molar-refractivity contribution in [1.82, 2.24) is 0 Å². The summed E-state index contributed by atoms with van der Waals surface area (Å²) in [7, 11) is 0. The number of carbonyl (C=O) groups is 1. The molecule has 2 unspecified atom stereocenters. The van der Waals surface area contributed by atoms with Gasteiger partial charge in [-0.1, -0.05) is 42.5 Å². The molecule has 3 rings (SSSR count). The average Bonchev–Trinajstić information content (AvgIpc) is 2.47. The van der Waals surface area contributed by atoms with Crippen LogP contribution in [0.3, 0.4) is 0 Å². The lowest BCUT2D eigenvalue weighted by atomic mass is 9.71. The van der Waals surface area contributed by atoms with Gasteiger partial charge in [-0.2, -0.15) is 0 Å². The number of phenolic OH excluding ortho intramolecular Hbond substituents is 1. The summed E-state index contributed by atoms with van der Waals surface area (Å²) in [4.78, 5) is 11.6. The highest BCUT2D eigenvalue weighted by molar-refractivity contribution is 5.73. The van der Waals surface area contributed by atoms with Gasteiger partial charge in [0, 0.05) is 5.92 Å². The zero-order valence-corrected chi connectivity index (χ0v) is 11.0. The highest BCUT2D eigenvalue weighted by Crippen LogP contribution is 2.43. The molecular formula is C17H16O3. The molecule has 102 valence electrons. The number of carboxylic acid groups (broad SMARTS) is 1. The van der Waals surface area contributed by atoms with Crippen molar-refractivity contribution >= 4 is 5.97 Å². The Bertz CT molecular complexity index is 634. The fourth-order valence-corrected chi connectivity index (χ4v) is 3.18. The molecule has 1 aliphatic rings. The van der Waals surface area contributed by atoms with Crippen molar-refractivity contribution in [2.24, 2.45) is 5.92 Å². The Kier molecular flexibility index (Phi) is 3.18. The average molecular weight is 268 g/mol. The van der Waals surface area contributed by atoms with Crippen molar-refractivity contribution in [2.75, 3.05) is 0 Å². The second kappa shape index (κ2) is 5.00. The van der Waals surface area contributed by atoms with Crippen LogP contribution in [0.2, 0.25) is 0 Å². The van der Waals surface area contributed by atoms with Gasteiger partial charge in [0.05, 0.1) is 5.92 Å². The quantitative estimate of drug-likeness (QED) is 0.879. The third-order valence-electron chi connectivity index (χ3n) is 4.11. The molecule has 20 heavy (non-hydrogen) atoms. The van der Waals surface area contributed by atoms with Crippen molar-refractivity contribution in [3.8, 4) is 5.75 Å². The zero-order valence-electron chi connectivity index (χ0n) is 11.0. The molecule has 3 heteroatoms. The molecule has 2 aromatic rings. The Balaban J connectivity index is 2.16. The Morgan fingerprint density at radius 3 is 2.50 bits per heavy atom. The van der Waals surface area contributed by atoms with E-state index in [9.17, 15) is 15.0 Å². The molecule has 0 heterocycles. The SMILES string of the molecule is O=C(O)C1CCc2c(O)cccc2C1c1ccccc1. The first-order chi connectivity index (χ1) is 9.68. The maximum absolute atomic E-state index is 11.6. The summed E-state index contributed by atoms with van der Waals surface area (Å²) in [6.45, 7) is 0.